The van der Waals surface area contributed by atoms with E-state index in [1.165, 1.54) is 23.9 Å². The van der Waals surface area contributed by atoms with Gasteiger partial charge in [0.1, 0.15) is 7.28 Å². The first-order valence-electron chi connectivity index (χ1n) is 7.00. The van der Waals surface area contributed by atoms with Gasteiger partial charge in [0, 0.05) is 6.61 Å². The van der Waals surface area contributed by atoms with Gasteiger partial charge in [0.05, 0.1) is 6.61 Å². The summed E-state index contributed by atoms with van der Waals surface area (Å²) in [7, 11) is 2.13. The molecule has 0 aliphatic carbocycles. The summed E-state index contributed by atoms with van der Waals surface area (Å²) in [6.45, 7) is 3.73. The molecule has 1 heterocycles. The van der Waals surface area contributed by atoms with Crippen LogP contribution in [0.1, 0.15) is 31.2 Å². The highest BCUT2D eigenvalue weighted by molar-refractivity contribution is 6.51. The molecule has 1 atom stereocenters. The molecule has 1 fully saturated rings. The van der Waals surface area contributed by atoms with E-state index in [1.807, 2.05) is 0 Å². The minimum atomic E-state index is 0.0501. The fourth-order valence-electron chi connectivity index (χ4n) is 2.26. The van der Waals surface area contributed by atoms with Crippen LogP contribution in [-0.4, -0.2) is 26.8 Å². The first kappa shape index (κ1) is 13.6. The molecule has 0 bridgehead atoms. The highest BCUT2D eigenvalue weighted by Gasteiger charge is 2.13. The van der Waals surface area contributed by atoms with Crippen LogP contribution in [-0.2, 0) is 15.9 Å². The van der Waals surface area contributed by atoms with Gasteiger partial charge in [-0.05, 0) is 37.7 Å². The van der Waals surface area contributed by atoms with Crippen molar-refractivity contribution >= 4 is 12.7 Å². The van der Waals surface area contributed by atoms with Crippen molar-refractivity contribution in [1.29, 1.82) is 0 Å². The van der Waals surface area contributed by atoms with Crippen LogP contribution in [0.15, 0.2) is 24.3 Å². The fourth-order valence-corrected chi connectivity index (χ4v) is 2.26. The lowest BCUT2D eigenvalue weighted by Crippen LogP contribution is -2.22. The molecule has 97 valence electrons. The van der Waals surface area contributed by atoms with Gasteiger partial charge in [-0.15, -0.1) is 0 Å². The Balaban J connectivity index is 1.65. The van der Waals surface area contributed by atoms with Gasteiger partial charge < -0.3 is 9.47 Å². The number of hydrogen-bond acceptors (Lipinski definition) is 2. The summed E-state index contributed by atoms with van der Waals surface area (Å²) >= 11 is 0. The van der Waals surface area contributed by atoms with Gasteiger partial charge in [0.15, 0.2) is 6.29 Å². The van der Waals surface area contributed by atoms with Crippen molar-refractivity contribution in [3.8, 4) is 0 Å². The van der Waals surface area contributed by atoms with E-state index >= 15 is 0 Å². The molecule has 18 heavy (non-hydrogen) atoms. The van der Waals surface area contributed by atoms with Crippen LogP contribution in [0.3, 0.4) is 0 Å². The standard InChI is InChI=1S/C15H22BO2/c1-16-14-8-4-6-13(12-14)7-5-11-18-15-9-2-3-10-17-15/h4,6,8,12,15H,2-3,5,7,9-11H2,1H3. The van der Waals surface area contributed by atoms with Crippen LogP contribution in [0.5, 0.6) is 0 Å². The normalized spacial score (nSPS) is 19.7. The number of benzene rings is 1. The zero-order valence-corrected chi connectivity index (χ0v) is 11.2. The number of rotatable bonds is 6. The molecular formula is C15H22BO2. The van der Waals surface area contributed by atoms with Crippen molar-refractivity contribution in [2.75, 3.05) is 13.2 Å². The van der Waals surface area contributed by atoms with Gasteiger partial charge in [-0.1, -0.05) is 36.6 Å². The van der Waals surface area contributed by atoms with Gasteiger partial charge in [-0.3, -0.25) is 0 Å². The topological polar surface area (TPSA) is 18.5 Å². The fraction of sp³-hybridized carbons (Fsp3) is 0.600. The van der Waals surface area contributed by atoms with Gasteiger partial charge in [0.2, 0.25) is 0 Å². The molecule has 1 aromatic carbocycles. The van der Waals surface area contributed by atoms with Crippen molar-refractivity contribution < 1.29 is 9.47 Å². The lowest BCUT2D eigenvalue weighted by molar-refractivity contribution is -0.162. The summed E-state index contributed by atoms with van der Waals surface area (Å²) in [4.78, 5) is 0. The largest absolute Gasteiger partial charge is 0.353 e. The summed E-state index contributed by atoms with van der Waals surface area (Å²) in [5.74, 6) is 0. The van der Waals surface area contributed by atoms with E-state index in [-0.39, 0.29) is 6.29 Å². The van der Waals surface area contributed by atoms with Crippen molar-refractivity contribution in [3.63, 3.8) is 0 Å². The average Bonchev–Trinajstić information content (AvgIpc) is 2.45. The predicted octanol–water partition coefficient (Wildman–Crippen LogP) is 2.54. The maximum absolute atomic E-state index is 5.73. The maximum Gasteiger partial charge on any atom is 0.157 e. The summed E-state index contributed by atoms with van der Waals surface area (Å²) in [6, 6.07) is 8.69. The monoisotopic (exact) mass is 245 g/mol. The van der Waals surface area contributed by atoms with Crippen molar-refractivity contribution in [2.24, 2.45) is 0 Å². The first-order chi connectivity index (χ1) is 8.88. The molecule has 0 amide bonds. The molecule has 1 radical (unpaired) electrons. The van der Waals surface area contributed by atoms with Crippen LogP contribution in [0, 0.1) is 0 Å². The Kier molecular flexibility index (Phi) is 5.75. The summed E-state index contributed by atoms with van der Waals surface area (Å²) in [6.07, 6.45) is 5.66. The third-order valence-electron chi connectivity index (χ3n) is 3.34. The SMILES string of the molecule is C[B]c1cccc(CCCOC2CCCCO2)c1. The van der Waals surface area contributed by atoms with Crippen molar-refractivity contribution in [2.45, 2.75) is 45.2 Å². The molecule has 2 rings (SSSR count). The first-order valence-corrected chi connectivity index (χ1v) is 7.00. The quantitative estimate of drug-likeness (QED) is 0.566. The summed E-state index contributed by atoms with van der Waals surface area (Å²) < 4.78 is 11.3. The van der Waals surface area contributed by atoms with E-state index in [0.29, 0.717) is 0 Å². The Morgan fingerprint density at radius 1 is 1.39 bits per heavy atom. The van der Waals surface area contributed by atoms with Gasteiger partial charge >= 0.3 is 0 Å². The lowest BCUT2D eigenvalue weighted by atomic mass is 9.73. The Bertz CT molecular complexity index is 348. The molecule has 0 spiro atoms. The molecule has 1 unspecified atom stereocenters. The second-order valence-electron chi connectivity index (χ2n) is 4.80. The molecule has 2 nitrogen and oxygen atoms in total. The highest BCUT2D eigenvalue weighted by Crippen LogP contribution is 2.14. The number of aryl methyl sites for hydroxylation is 1. The molecule has 1 saturated heterocycles. The van der Waals surface area contributed by atoms with E-state index < -0.39 is 0 Å². The molecule has 0 N–H and O–H groups in total. The maximum atomic E-state index is 5.73. The third-order valence-corrected chi connectivity index (χ3v) is 3.34. The molecular weight excluding hydrogens is 223 g/mol. The van der Waals surface area contributed by atoms with Gasteiger partial charge in [0.25, 0.3) is 0 Å². The average molecular weight is 245 g/mol. The van der Waals surface area contributed by atoms with Crippen LogP contribution in [0.2, 0.25) is 6.82 Å². The smallest absolute Gasteiger partial charge is 0.157 e. The lowest BCUT2D eigenvalue weighted by Gasteiger charge is -2.22. The number of hydrogen-bond donors (Lipinski definition) is 0. The summed E-state index contributed by atoms with van der Waals surface area (Å²) in [5, 5.41) is 0. The van der Waals surface area contributed by atoms with Crippen molar-refractivity contribution in [3.05, 3.63) is 29.8 Å². The minimum absolute atomic E-state index is 0.0501. The highest BCUT2D eigenvalue weighted by atomic mass is 16.7. The van der Waals surface area contributed by atoms with Gasteiger partial charge in [-0.25, -0.2) is 0 Å². The Morgan fingerprint density at radius 3 is 3.11 bits per heavy atom. The van der Waals surface area contributed by atoms with Gasteiger partial charge in [-0.2, -0.15) is 0 Å². The van der Waals surface area contributed by atoms with Crippen LogP contribution >= 0.6 is 0 Å². The van der Waals surface area contributed by atoms with E-state index in [0.717, 1.165) is 32.5 Å². The molecule has 0 saturated carbocycles. The van der Waals surface area contributed by atoms with Crippen LogP contribution in [0.25, 0.3) is 0 Å². The van der Waals surface area contributed by atoms with E-state index in [4.69, 9.17) is 9.47 Å². The third kappa shape index (κ3) is 4.47. The Hall–Kier alpha value is -0.795. The number of ether oxygens (including phenoxy) is 2. The molecule has 1 aliphatic heterocycles. The Labute approximate surface area is 111 Å². The van der Waals surface area contributed by atoms with E-state index in [2.05, 4.69) is 38.4 Å². The predicted molar refractivity (Wildman–Crippen MR) is 75.6 cm³/mol. The zero-order valence-electron chi connectivity index (χ0n) is 11.2. The molecule has 1 aliphatic rings. The molecule has 3 heteroatoms. The van der Waals surface area contributed by atoms with Crippen LogP contribution < -0.4 is 5.46 Å². The second kappa shape index (κ2) is 7.60. The van der Waals surface area contributed by atoms with E-state index in [1.54, 1.807) is 0 Å². The second-order valence-corrected chi connectivity index (χ2v) is 4.80. The molecule has 0 aromatic heterocycles. The molecule has 1 aromatic rings. The van der Waals surface area contributed by atoms with Crippen molar-refractivity contribution in [1.82, 2.24) is 0 Å². The van der Waals surface area contributed by atoms with E-state index in [9.17, 15) is 0 Å². The van der Waals surface area contributed by atoms with Crippen LogP contribution in [0.4, 0.5) is 0 Å². The Morgan fingerprint density at radius 2 is 2.33 bits per heavy atom. The minimum Gasteiger partial charge on any atom is -0.353 e. The summed E-state index contributed by atoms with van der Waals surface area (Å²) in [5.41, 5.74) is 2.68. The zero-order chi connectivity index (χ0) is 12.6.